The van der Waals surface area contributed by atoms with Crippen molar-refractivity contribution in [2.45, 2.75) is 5.60 Å². The summed E-state index contributed by atoms with van der Waals surface area (Å²) in [6.45, 7) is 1.06. The molecule has 1 aliphatic heterocycles. The number of pyridine rings is 1. The van der Waals surface area contributed by atoms with E-state index >= 15 is 0 Å². The van der Waals surface area contributed by atoms with Crippen LogP contribution in [0.5, 0.6) is 0 Å². The molecule has 0 aliphatic carbocycles. The van der Waals surface area contributed by atoms with Crippen molar-refractivity contribution in [1.82, 2.24) is 10.3 Å². The van der Waals surface area contributed by atoms with Gasteiger partial charge in [0.05, 0.1) is 0 Å². The molecule has 70 valence electrons. The molecule has 0 bridgehead atoms. The fourth-order valence-electron chi connectivity index (χ4n) is 1.30. The van der Waals surface area contributed by atoms with Crippen molar-refractivity contribution in [1.29, 1.82) is 0 Å². The molecular weight excluding hydrogens is 211 g/mol. The maximum Gasteiger partial charge on any atom is 0.131 e. The van der Waals surface area contributed by atoms with E-state index in [0.717, 1.165) is 5.56 Å². The summed E-state index contributed by atoms with van der Waals surface area (Å²) in [5.41, 5.74) is -0.104. The lowest BCUT2D eigenvalue weighted by Gasteiger charge is -2.38. The van der Waals surface area contributed by atoms with Gasteiger partial charge in [0.2, 0.25) is 0 Å². The molecule has 1 aliphatic rings. The van der Waals surface area contributed by atoms with E-state index in [0.29, 0.717) is 23.4 Å². The molecule has 2 rings (SSSR count). The number of hydrogen-bond acceptors (Lipinski definition) is 3. The lowest BCUT2D eigenvalue weighted by Crippen LogP contribution is -2.56. The predicted octanol–water partition coefficient (Wildman–Crippen LogP) is 1.18. The van der Waals surface area contributed by atoms with Crippen molar-refractivity contribution in [2.75, 3.05) is 13.1 Å². The minimum absolute atomic E-state index is 0.308. The van der Waals surface area contributed by atoms with Gasteiger partial charge in [0.1, 0.15) is 15.9 Å². The van der Waals surface area contributed by atoms with Crippen LogP contribution in [0.4, 0.5) is 0 Å². The Morgan fingerprint density at radius 1 is 1.31 bits per heavy atom. The number of aliphatic hydroxyl groups is 1. The van der Waals surface area contributed by atoms with Crippen molar-refractivity contribution in [3.63, 3.8) is 0 Å². The van der Waals surface area contributed by atoms with Gasteiger partial charge in [0.25, 0.3) is 0 Å². The van der Waals surface area contributed by atoms with Crippen LogP contribution in [-0.4, -0.2) is 23.2 Å². The molecule has 2 N–H and O–H groups in total. The summed E-state index contributed by atoms with van der Waals surface area (Å²) in [4.78, 5) is 3.81. The van der Waals surface area contributed by atoms with Crippen molar-refractivity contribution in [3.05, 3.63) is 28.0 Å². The Balaban J connectivity index is 2.39. The van der Waals surface area contributed by atoms with E-state index in [4.69, 9.17) is 23.2 Å². The number of aromatic nitrogens is 1. The van der Waals surface area contributed by atoms with Crippen LogP contribution in [0.1, 0.15) is 5.56 Å². The normalized spacial score (nSPS) is 19.6. The number of nitrogens with zero attached hydrogens (tertiary/aromatic N) is 1. The van der Waals surface area contributed by atoms with Crippen molar-refractivity contribution < 1.29 is 5.11 Å². The highest BCUT2D eigenvalue weighted by atomic mass is 35.5. The SMILES string of the molecule is OC1(c2cc(Cl)nc(Cl)c2)CNC1. The third-order valence-corrected chi connectivity index (χ3v) is 2.52. The second-order valence-corrected chi connectivity index (χ2v) is 3.91. The summed E-state index contributed by atoms with van der Waals surface area (Å²) in [5, 5.41) is 13.5. The monoisotopic (exact) mass is 218 g/mol. The molecule has 1 fully saturated rings. The lowest BCUT2D eigenvalue weighted by molar-refractivity contribution is -0.0147. The molecule has 0 amide bonds. The number of β-amino-alcohol motifs (C(OH)–C–C–N with tert-alkyl or cyclic N) is 1. The van der Waals surface area contributed by atoms with E-state index in [1.54, 1.807) is 12.1 Å². The molecule has 0 spiro atoms. The molecule has 13 heavy (non-hydrogen) atoms. The molecule has 0 atom stereocenters. The first-order chi connectivity index (χ1) is 6.10. The summed E-state index contributed by atoms with van der Waals surface area (Å²) in [7, 11) is 0. The third kappa shape index (κ3) is 1.65. The van der Waals surface area contributed by atoms with Crippen LogP contribution in [0, 0.1) is 0 Å². The van der Waals surface area contributed by atoms with Gasteiger partial charge in [0, 0.05) is 13.1 Å². The summed E-state index contributed by atoms with van der Waals surface area (Å²) in [5.74, 6) is 0. The maximum atomic E-state index is 9.92. The van der Waals surface area contributed by atoms with Gasteiger partial charge in [-0.05, 0) is 17.7 Å². The average Bonchev–Trinajstić information content (AvgIpc) is 1.98. The Morgan fingerprint density at radius 3 is 2.23 bits per heavy atom. The highest BCUT2D eigenvalue weighted by Crippen LogP contribution is 2.28. The van der Waals surface area contributed by atoms with Crippen LogP contribution >= 0.6 is 23.2 Å². The Kier molecular flexibility index (Phi) is 2.20. The van der Waals surface area contributed by atoms with Gasteiger partial charge in [-0.2, -0.15) is 0 Å². The molecule has 2 heterocycles. The van der Waals surface area contributed by atoms with Gasteiger partial charge in [-0.1, -0.05) is 23.2 Å². The highest BCUT2D eigenvalue weighted by molar-refractivity contribution is 6.32. The van der Waals surface area contributed by atoms with Crippen LogP contribution in [0.15, 0.2) is 12.1 Å². The van der Waals surface area contributed by atoms with Crippen LogP contribution in [0.2, 0.25) is 10.3 Å². The third-order valence-electron chi connectivity index (χ3n) is 2.14. The molecule has 1 aromatic rings. The summed E-state index contributed by atoms with van der Waals surface area (Å²) in [6, 6.07) is 3.27. The quantitative estimate of drug-likeness (QED) is 0.697. The number of rotatable bonds is 1. The second-order valence-electron chi connectivity index (χ2n) is 3.14. The van der Waals surface area contributed by atoms with E-state index in [1.807, 2.05) is 0 Å². The molecule has 1 saturated heterocycles. The standard InChI is InChI=1S/C8H8Cl2N2O/c9-6-1-5(2-7(10)12-6)8(13)3-11-4-8/h1-2,11,13H,3-4H2. The van der Waals surface area contributed by atoms with Gasteiger partial charge in [-0.25, -0.2) is 4.98 Å². The highest BCUT2D eigenvalue weighted by Gasteiger charge is 2.36. The van der Waals surface area contributed by atoms with Crippen LogP contribution < -0.4 is 5.32 Å². The van der Waals surface area contributed by atoms with Crippen LogP contribution in [-0.2, 0) is 5.60 Å². The van der Waals surface area contributed by atoms with Gasteiger partial charge >= 0.3 is 0 Å². The van der Waals surface area contributed by atoms with Crippen molar-refractivity contribution >= 4 is 23.2 Å². The van der Waals surface area contributed by atoms with E-state index in [-0.39, 0.29) is 0 Å². The Hall–Kier alpha value is -0.350. The largest absolute Gasteiger partial charge is 0.382 e. The predicted molar refractivity (Wildman–Crippen MR) is 51.0 cm³/mol. The zero-order valence-corrected chi connectivity index (χ0v) is 8.23. The zero-order chi connectivity index (χ0) is 9.47. The van der Waals surface area contributed by atoms with Crippen LogP contribution in [0.3, 0.4) is 0 Å². The second kappa shape index (κ2) is 3.10. The van der Waals surface area contributed by atoms with Gasteiger partial charge in [-0.3, -0.25) is 0 Å². The van der Waals surface area contributed by atoms with Gasteiger partial charge < -0.3 is 10.4 Å². The van der Waals surface area contributed by atoms with E-state index < -0.39 is 5.60 Å². The van der Waals surface area contributed by atoms with E-state index in [1.165, 1.54) is 0 Å². The first-order valence-electron chi connectivity index (χ1n) is 3.87. The topological polar surface area (TPSA) is 45.2 Å². The Bertz CT molecular complexity index is 319. The smallest absolute Gasteiger partial charge is 0.131 e. The summed E-state index contributed by atoms with van der Waals surface area (Å²) >= 11 is 11.4. The molecule has 0 radical (unpaired) electrons. The van der Waals surface area contributed by atoms with Gasteiger partial charge in [0.15, 0.2) is 0 Å². The fourth-order valence-corrected chi connectivity index (χ4v) is 1.76. The zero-order valence-electron chi connectivity index (χ0n) is 6.72. The number of halogens is 2. The molecular formula is C8H8Cl2N2O. The molecule has 0 unspecified atom stereocenters. The summed E-state index contributed by atoms with van der Waals surface area (Å²) in [6.07, 6.45) is 0. The first-order valence-corrected chi connectivity index (χ1v) is 4.62. The maximum absolute atomic E-state index is 9.92. The number of nitrogens with one attached hydrogen (secondary N) is 1. The minimum Gasteiger partial charge on any atom is -0.382 e. The van der Waals surface area contributed by atoms with E-state index in [2.05, 4.69) is 10.3 Å². The molecule has 3 nitrogen and oxygen atoms in total. The molecule has 5 heteroatoms. The molecule has 0 aromatic carbocycles. The summed E-state index contributed by atoms with van der Waals surface area (Å²) < 4.78 is 0. The minimum atomic E-state index is -0.823. The first kappa shape index (κ1) is 9.21. The average molecular weight is 219 g/mol. The number of hydrogen-bond donors (Lipinski definition) is 2. The molecule has 0 saturated carbocycles. The van der Waals surface area contributed by atoms with Gasteiger partial charge in [-0.15, -0.1) is 0 Å². The fraction of sp³-hybridized carbons (Fsp3) is 0.375. The van der Waals surface area contributed by atoms with E-state index in [9.17, 15) is 5.11 Å². The Labute approximate surface area is 85.7 Å². The van der Waals surface area contributed by atoms with Crippen molar-refractivity contribution in [2.24, 2.45) is 0 Å². The molecule has 1 aromatic heterocycles. The Morgan fingerprint density at radius 2 is 1.85 bits per heavy atom. The van der Waals surface area contributed by atoms with Crippen LogP contribution in [0.25, 0.3) is 0 Å². The lowest BCUT2D eigenvalue weighted by atomic mass is 9.89. The van der Waals surface area contributed by atoms with Crippen molar-refractivity contribution in [3.8, 4) is 0 Å².